The lowest BCUT2D eigenvalue weighted by Crippen LogP contribution is -2.47. The van der Waals surface area contributed by atoms with Gasteiger partial charge < -0.3 is 29.0 Å². The maximum Gasteiger partial charge on any atom is 0.312 e. The van der Waals surface area contributed by atoms with E-state index in [4.69, 9.17) is 30.8 Å². The lowest BCUT2D eigenvalue weighted by atomic mass is 9.72. The SMILES string of the molecule is CC1(C)CCC(CN2CCN(c3ccc(C(=O)NS(=O)(=O)c4ccc(OC5CCC(N6CCOCC6)CC5)c([N+](=O)[O-])c4)c(N4CCCOc5nc6[nH]ccc6cc54)c3)CC2)=C(c2ccc(Cl)cc2)C1. The molecule has 2 saturated heterocycles. The number of anilines is 3. The number of fused-ring (bicyclic) bond motifs is 2. The first-order valence-corrected chi connectivity index (χ1v) is 26.4. The first-order valence-electron chi connectivity index (χ1n) is 24.6. The molecule has 2 N–H and O–H groups in total. The van der Waals surface area contributed by atoms with Gasteiger partial charge in [0.05, 0.1) is 47.0 Å². The van der Waals surface area contributed by atoms with Crippen molar-refractivity contribution in [3.63, 3.8) is 0 Å². The van der Waals surface area contributed by atoms with Crippen LogP contribution in [0.15, 0.2) is 89.5 Å². The van der Waals surface area contributed by atoms with Crippen LogP contribution in [0.3, 0.4) is 0 Å². The highest BCUT2D eigenvalue weighted by Gasteiger charge is 2.34. The maximum atomic E-state index is 14.5. The van der Waals surface area contributed by atoms with E-state index in [-0.39, 0.29) is 22.8 Å². The lowest BCUT2D eigenvalue weighted by molar-refractivity contribution is -0.386. The van der Waals surface area contributed by atoms with Crippen molar-refractivity contribution in [1.82, 2.24) is 24.5 Å². The summed E-state index contributed by atoms with van der Waals surface area (Å²) in [6.07, 6.45) is 8.58. The Bertz CT molecular complexity index is 2890. The van der Waals surface area contributed by atoms with E-state index in [1.807, 2.05) is 41.3 Å². The molecule has 0 bridgehead atoms. The van der Waals surface area contributed by atoms with Gasteiger partial charge in [-0.05, 0) is 123 Å². The number of rotatable bonds is 12. The number of nitrogens with zero attached hydrogens (tertiary/aromatic N) is 6. The molecule has 1 amide bonds. The Kier molecular flexibility index (Phi) is 13.8. The summed E-state index contributed by atoms with van der Waals surface area (Å²) in [6.45, 7) is 12.8. The second-order valence-corrected chi connectivity index (χ2v) is 22.1. The summed E-state index contributed by atoms with van der Waals surface area (Å²) in [4.78, 5) is 43.0. The van der Waals surface area contributed by atoms with Crippen LogP contribution in [-0.4, -0.2) is 123 Å². The Balaban J connectivity index is 0.893. The van der Waals surface area contributed by atoms with Gasteiger partial charge in [0.2, 0.25) is 5.88 Å². The maximum absolute atomic E-state index is 14.5. The number of piperazine rings is 1. The van der Waals surface area contributed by atoms with Gasteiger partial charge in [0.15, 0.2) is 5.75 Å². The Morgan fingerprint density at radius 1 is 0.929 bits per heavy atom. The summed E-state index contributed by atoms with van der Waals surface area (Å²) in [5, 5.41) is 14.0. The number of carbonyl (C=O) groups is 1. The summed E-state index contributed by atoms with van der Waals surface area (Å²) in [5.74, 6) is -0.494. The first-order chi connectivity index (χ1) is 33.8. The number of sulfonamides is 1. The van der Waals surface area contributed by atoms with Gasteiger partial charge in [-0.25, -0.2) is 13.1 Å². The molecule has 370 valence electrons. The minimum absolute atomic E-state index is 0.00574. The molecular weight excluding hydrogens is 932 g/mol. The van der Waals surface area contributed by atoms with Crippen molar-refractivity contribution in [2.75, 3.05) is 82.0 Å². The second-order valence-electron chi connectivity index (χ2n) is 20.0. The summed E-state index contributed by atoms with van der Waals surface area (Å²) in [6, 6.07) is 21.5. The van der Waals surface area contributed by atoms with Crippen molar-refractivity contribution < 1.29 is 32.3 Å². The molecule has 0 unspecified atom stereocenters. The number of nitro benzene ring substituents is 1. The number of hydrogen-bond donors (Lipinski definition) is 2. The molecular formula is C52H61ClN8O8S. The topological polar surface area (TPSA) is 176 Å². The molecule has 16 nitrogen and oxygen atoms in total. The number of allylic oxidation sites excluding steroid dienone is 1. The van der Waals surface area contributed by atoms with Crippen LogP contribution in [0, 0.1) is 15.5 Å². The zero-order valence-corrected chi connectivity index (χ0v) is 41.4. The monoisotopic (exact) mass is 992 g/mol. The highest BCUT2D eigenvalue weighted by atomic mass is 35.5. The largest absolute Gasteiger partial charge is 0.484 e. The number of H-pyrrole nitrogens is 1. The number of benzene rings is 3. The number of nitrogens with one attached hydrogen (secondary N) is 2. The fourth-order valence-electron chi connectivity index (χ4n) is 10.8. The molecule has 3 fully saturated rings. The Morgan fingerprint density at radius 3 is 2.46 bits per heavy atom. The van der Waals surface area contributed by atoms with Crippen LogP contribution in [0.4, 0.5) is 22.7 Å². The summed E-state index contributed by atoms with van der Waals surface area (Å²) in [5.41, 5.74) is 6.65. The van der Waals surface area contributed by atoms with E-state index < -0.39 is 31.4 Å². The zero-order chi connectivity index (χ0) is 48.6. The van der Waals surface area contributed by atoms with E-state index in [2.05, 4.69) is 50.4 Å². The van der Waals surface area contributed by atoms with Gasteiger partial charge >= 0.3 is 5.69 Å². The van der Waals surface area contributed by atoms with Crippen molar-refractivity contribution in [3.8, 4) is 11.6 Å². The molecule has 5 heterocycles. The van der Waals surface area contributed by atoms with Crippen LogP contribution in [0.1, 0.15) is 81.1 Å². The van der Waals surface area contributed by atoms with Crippen LogP contribution in [0.25, 0.3) is 16.6 Å². The molecule has 3 aromatic carbocycles. The minimum atomic E-state index is -4.61. The van der Waals surface area contributed by atoms with Gasteiger partial charge in [-0.1, -0.05) is 43.2 Å². The molecule has 5 aliphatic rings. The van der Waals surface area contributed by atoms with Crippen molar-refractivity contribution in [2.24, 2.45) is 5.41 Å². The smallest absolute Gasteiger partial charge is 0.312 e. The molecule has 0 spiro atoms. The number of pyridine rings is 1. The lowest BCUT2D eigenvalue weighted by Gasteiger charge is -2.39. The van der Waals surface area contributed by atoms with E-state index in [1.54, 1.807) is 12.3 Å². The predicted molar refractivity (Wildman–Crippen MR) is 271 cm³/mol. The van der Waals surface area contributed by atoms with Gasteiger partial charge in [-0.3, -0.25) is 24.7 Å². The molecule has 2 aliphatic carbocycles. The van der Waals surface area contributed by atoms with Crippen molar-refractivity contribution in [2.45, 2.75) is 82.3 Å². The van der Waals surface area contributed by atoms with Gasteiger partial charge in [-0.2, -0.15) is 4.98 Å². The number of hydrogen-bond acceptors (Lipinski definition) is 13. The molecule has 3 aliphatic heterocycles. The average Bonchev–Trinajstić information content (AvgIpc) is 3.72. The zero-order valence-electron chi connectivity index (χ0n) is 39.8. The summed E-state index contributed by atoms with van der Waals surface area (Å²) >= 11 is 6.28. The van der Waals surface area contributed by atoms with Gasteiger partial charge in [0.1, 0.15) is 11.3 Å². The second kappa shape index (κ2) is 20.2. The van der Waals surface area contributed by atoms with E-state index in [0.29, 0.717) is 61.7 Å². The van der Waals surface area contributed by atoms with Gasteiger partial charge in [0.25, 0.3) is 15.9 Å². The number of aromatic nitrogens is 2. The van der Waals surface area contributed by atoms with E-state index >= 15 is 0 Å². The van der Waals surface area contributed by atoms with Crippen LogP contribution in [-0.2, 0) is 14.8 Å². The number of aromatic amines is 1. The standard InChI is InChI=1S/C52H61ClN8O8S/c1-52(2)18-16-37(44(33-52)35-4-6-38(53)7-5-35)34-57-21-23-58(24-22-57)40-10-14-43(45(31-40)60-20-3-27-68-51-47(60)30-36-17-19-54-49(36)55-51)50(62)56-70(65,66)42-13-15-48(46(32-42)61(63)64)69-41-11-8-39(9-12-41)59-25-28-67-29-26-59/h4-7,10,13-15,17,19,30-32,39,41H,3,8-9,11-12,16,18,20-29,33-34H2,1-2H3,(H,54,55)(H,56,62). The number of morpholine rings is 1. The molecule has 1 saturated carbocycles. The highest BCUT2D eigenvalue weighted by molar-refractivity contribution is 7.90. The normalized spacial score (nSPS) is 21.5. The Hall–Kier alpha value is -5.72. The fraction of sp³-hybridized carbons (Fsp3) is 0.462. The van der Waals surface area contributed by atoms with Crippen molar-refractivity contribution in [3.05, 3.63) is 111 Å². The Morgan fingerprint density at radius 2 is 1.70 bits per heavy atom. The van der Waals surface area contributed by atoms with Gasteiger partial charge in [0, 0.05) is 86.8 Å². The van der Waals surface area contributed by atoms with Crippen molar-refractivity contribution >= 4 is 66.9 Å². The third-order valence-electron chi connectivity index (χ3n) is 14.7. The molecule has 10 rings (SSSR count). The molecule has 5 aromatic rings. The third kappa shape index (κ3) is 10.5. The van der Waals surface area contributed by atoms with E-state index in [0.717, 1.165) is 113 Å². The number of halogens is 1. The fourth-order valence-corrected chi connectivity index (χ4v) is 12.0. The van der Waals surface area contributed by atoms with E-state index in [1.165, 1.54) is 28.8 Å². The highest BCUT2D eigenvalue weighted by Crippen LogP contribution is 2.44. The first kappa shape index (κ1) is 47.9. The third-order valence-corrected chi connectivity index (χ3v) is 16.3. The number of carbonyl (C=O) groups excluding carboxylic acids is 1. The quantitative estimate of drug-likeness (QED) is 0.0896. The van der Waals surface area contributed by atoms with Crippen LogP contribution < -0.4 is 24.0 Å². The number of ether oxygens (including phenoxy) is 3. The number of amides is 1. The Labute approximate surface area is 414 Å². The van der Waals surface area contributed by atoms with Gasteiger partial charge in [-0.15, -0.1) is 0 Å². The molecule has 18 heteroatoms. The average molecular weight is 994 g/mol. The van der Waals surface area contributed by atoms with E-state index in [9.17, 15) is 23.3 Å². The minimum Gasteiger partial charge on any atom is -0.484 e. The molecule has 0 radical (unpaired) electrons. The van der Waals surface area contributed by atoms with Crippen molar-refractivity contribution in [1.29, 1.82) is 0 Å². The van der Waals surface area contributed by atoms with Crippen LogP contribution >= 0.6 is 11.6 Å². The summed E-state index contributed by atoms with van der Waals surface area (Å²) in [7, 11) is -4.61. The molecule has 0 atom stereocenters. The van der Waals surface area contributed by atoms with Crippen LogP contribution in [0.2, 0.25) is 5.02 Å². The van der Waals surface area contributed by atoms with Crippen LogP contribution in [0.5, 0.6) is 11.6 Å². The molecule has 2 aromatic heterocycles. The number of nitro groups is 1. The predicted octanol–water partition coefficient (Wildman–Crippen LogP) is 8.97. The molecule has 70 heavy (non-hydrogen) atoms. The summed E-state index contributed by atoms with van der Waals surface area (Å²) < 4.78 is 48.3.